The second kappa shape index (κ2) is 7.36. The molecular weight excluding hydrogens is 384 g/mol. The van der Waals surface area contributed by atoms with Crippen molar-refractivity contribution in [1.29, 1.82) is 0 Å². The van der Waals surface area contributed by atoms with Crippen molar-refractivity contribution in [2.75, 3.05) is 14.2 Å². The van der Waals surface area contributed by atoms with Crippen molar-refractivity contribution in [2.24, 2.45) is 0 Å². The lowest BCUT2D eigenvalue weighted by atomic mass is 10.2. The lowest BCUT2D eigenvalue weighted by Gasteiger charge is -2.13. The van der Waals surface area contributed by atoms with E-state index in [2.05, 4.69) is 0 Å². The standard InChI is InChI=1S/C19H18N2O4S2/c1-24-12-8-6-11(7-9-12)21-15(10-26-19(23)25-2)20-17-16(18(21)22)13-4-3-5-14(13)27-17/h6-9H,3-5,10H2,1-2H3. The Labute approximate surface area is 164 Å². The van der Waals surface area contributed by atoms with E-state index in [0.29, 0.717) is 17.3 Å². The maximum absolute atomic E-state index is 13.4. The molecule has 0 saturated carbocycles. The third-order valence-electron chi connectivity index (χ3n) is 4.62. The Balaban J connectivity index is 1.90. The molecule has 6 nitrogen and oxygen atoms in total. The van der Waals surface area contributed by atoms with Crippen LogP contribution in [0.5, 0.6) is 5.75 Å². The fraction of sp³-hybridized carbons (Fsp3) is 0.316. The number of hydrogen-bond donors (Lipinski definition) is 0. The Hall–Kier alpha value is -2.32. The molecule has 1 aliphatic rings. The molecule has 140 valence electrons. The van der Waals surface area contributed by atoms with E-state index in [0.717, 1.165) is 46.8 Å². The first-order valence-corrected chi connectivity index (χ1v) is 10.3. The number of nitrogens with zero attached hydrogens (tertiary/aromatic N) is 2. The Bertz CT molecular complexity index is 1070. The molecule has 0 saturated heterocycles. The van der Waals surface area contributed by atoms with Gasteiger partial charge in [0.1, 0.15) is 16.4 Å². The van der Waals surface area contributed by atoms with Crippen LogP contribution in [0.3, 0.4) is 0 Å². The maximum Gasteiger partial charge on any atom is 0.367 e. The molecule has 1 aliphatic carbocycles. The summed E-state index contributed by atoms with van der Waals surface area (Å²) in [7, 11) is 2.94. The van der Waals surface area contributed by atoms with Gasteiger partial charge < -0.3 is 9.47 Å². The highest BCUT2D eigenvalue weighted by atomic mass is 32.2. The monoisotopic (exact) mass is 402 g/mol. The van der Waals surface area contributed by atoms with Crippen molar-refractivity contribution in [2.45, 2.75) is 25.0 Å². The second-order valence-corrected chi connectivity index (χ2v) is 8.14. The van der Waals surface area contributed by atoms with E-state index >= 15 is 0 Å². The molecule has 0 fully saturated rings. The molecule has 1 aromatic carbocycles. The molecule has 27 heavy (non-hydrogen) atoms. The summed E-state index contributed by atoms with van der Waals surface area (Å²) in [6, 6.07) is 7.27. The van der Waals surface area contributed by atoms with Crippen LogP contribution in [-0.4, -0.2) is 29.1 Å². The number of benzene rings is 1. The Morgan fingerprint density at radius 2 is 2.04 bits per heavy atom. The van der Waals surface area contributed by atoms with Crippen LogP contribution in [0.1, 0.15) is 22.7 Å². The molecule has 0 unspecified atom stereocenters. The van der Waals surface area contributed by atoms with Gasteiger partial charge in [-0.3, -0.25) is 9.36 Å². The van der Waals surface area contributed by atoms with Crippen molar-refractivity contribution in [3.05, 3.63) is 50.9 Å². The van der Waals surface area contributed by atoms with Crippen LogP contribution in [0.4, 0.5) is 4.79 Å². The van der Waals surface area contributed by atoms with Crippen molar-refractivity contribution in [1.82, 2.24) is 9.55 Å². The molecule has 0 amide bonds. The Morgan fingerprint density at radius 3 is 2.74 bits per heavy atom. The molecule has 4 rings (SSSR count). The number of hydrogen-bond acceptors (Lipinski definition) is 7. The van der Waals surface area contributed by atoms with Crippen LogP contribution < -0.4 is 10.3 Å². The topological polar surface area (TPSA) is 70.4 Å². The molecule has 2 heterocycles. The number of thiophene rings is 1. The van der Waals surface area contributed by atoms with E-state index in [1.807, 2.05) is 12.1 Å². The van der Waals surface area contributed by atoms with Gasteiger partial charge in [0, 0.05) is 4.88 Å². The first-order valence-electron chi connectivity index (χ1n) is 8.53. The van der Waals surface area contributed by atoms with Gasteiger partial charge in [0.05, 0.1) is 31.0 Å². The van der Waals surface area contributed by atoms with Gasteiger partial charge in [-0.2, -0.15) is 0 Å². The summed E-state index contributed by atoms with van der Waals surface area (Å²) in [6.07, 6.45) is 3.01. The summed E-state index contributed by atoms with van der Waals surface area (Å²) in [6.45, 7) is 0. The first kappa shape index (κ1) is 18.1. The zero-order valence-electron chi connectivity index (χ0n) is 15.0. The molecule has 8 heteroatoms. The maximum atomic E-state index is 13.4. The summed E-state index contributed by atoms with van der Waals surface area (Å²) < 4.78 is 11.5. The van der Waals surface area contributed by atoms with Crippen molar-refractivity contribution < 1.29 is 14.3 Å². The molecule has 0 N–H and O–H groups in total. The van der Waals surface area contributed by atoms with Crippen LogP contribution in [-0.2, 0) is 23.3 Å². The quantitative estimate of drug-likeness (QED) is 0.616. The highest BCUT2D eigenvalue weighted by Crippen LogP contribution is 2.35. The van der Waals surface area contributed by atoms with Crippen LogP contribution >= 0.6 is 23.1 Å². The number of thioether (sulfide) groups is 1. The zero-order valence-corrected chi connectivity index (χ0v) is 16.6. The van der Waals surface area contributed by atoms with E-state index in [-0.39, 0.29) is 11.3 Å². The number of aryl methyl sites for hydroxylation is 2. The Kier molecular flexibility index (Phi) is 4.92. The van der Waals surface area contributed by atoms with E-state index < -0.39 is 5.30 Å². The molecule has 0 bridgehead atoms. The van der Waals surface area contributed by atoms with Gasteiger partial charge in [0.2, 0.25) is 0 Å². The number of methoxy groups -OCH3 is 2. The lowest BCUT2D eigenvalue weighted by molar-refractivity contribution is 0.200. The van der Waals surface area contributed by atoms with Crippen LogP contribution in [0, 0.1) is 0 Å². The van der Waals surface area contributed by atoms with Crippen LogP contribution in [0.15, 0.2) is 29.1 Å². The SMILES string of the molecule is COC(=O)SCc1nc2sc3c(c2c(=O)n1-c1ccc(OC)cc1)CCC3. The first-order chi connectivity index (χ1) is 13.1. The van der Waals surface area contributed by atoms with E-state index in [4.69, 9.17) is 14.5 Å². The van der Waals surface area contributed by atoms with E-state index in [9.17, 15) is 9.59 Å². The van der Waals surface area contributed by atoms with Crippen molar-refractivity contribution in [3.63, 3.8) is 0 Å². The molecule has 0 radical (unpaired) electrons. The van der Waals surface area contributed by atoms with Crippen LogP contribution in [0.25, 0.3) is 15.9 Å². The molecule has 2 aromatic heterocycles. The third kappa shape index (κ3) is 3.23. The number of aromatic nitrogens is 2. The van der Waals surface area contributed by atoms with Gasteiger partial charge in [-0.05, 0) is 60.9 Å². The molecule has 0 atom stereocenters. The van der Waals surface area contributed by atoms with Gasteiger partial charge in [-0.15, -0.1) is 11.3 Å². The number of carbonyl (C=O) groups is 1. The van der Waals surface area contributed by atoms with Gasteiger partial charge in [-0.25, -0.2) is 9.78 Å². The average Bonchev–Trinajstić information content (AvgIpc) is 3.27. The van der Waals surface area contributed by atoms with Gasteiger partial charge in [0.15, 0.2) is 0 Å². The highest BCUT2D eigenvalue weighted by molar-refractivity contribution is 8.12. The largest absolute Gasteiger partial charge is 0.497 e. The minimum atomic E-state index is -0.403. The molecular formula is C19H18N2O4S2. The lowest BCUT2D eigenvalue weighted by Crippen LogP contribution is -2.23. The van der Waals surface area contributed by atoms with E-state index in [1.54, 1.807) is 35.1 Å². The molecule has 0 aliphatic heterocycles. The fourth-order valence-corrected chi connectivity index (χ4v) is 5.19. The van der Waals surface area contributed by atoms with Gasteiger partial charge in [-0.1, -0.05) is 0 Å². The fourth-order valence-electron chi connectivity index (χ4n) is 3.36. The molecule has 0 spiro atoms. The minimum absolute atomic E-state index is 0.0787. The second-order valence-electron chi connectivity index (χ2n) is 6.15. The summed E-state index contributed by atoms with van der Waals surface area (Å²) in [5.41, 5.74) is 1.76. The average molecular weight is 402 g/mol. The smallest absolute Gasteiger partial charge is 0.367 e. The Morgan fingerprint density at radius 1 is 1.26 bits per heavy atom. The minimum Gasteiger partial charge on any atom is -0.497 e. The predicted octanol–water partition coefficient (Wildman–Crippen LogP) is 3.94. The number of carbonyl (C=O) groups excluding carboxylic acids is 1. The predicted molar refractivity (Wildman–Crippen MR) is 107 cm³/mol. The summed E-state index contributed by atoms with van der Waals surface area (Å²) in [5, 5.41) is 0.314. The third-order valence-corrected chi connectivity index (χ3v) is 6.62. The molecule has 3 aromatic rings. The van der Waals surface area contributed by atoms with E-state index in [1.165, 1.54) is 12.0 Å². The number of ether oxygens (including phenoxy) is 2. The number of rotatable bonds is 4. The van der Waals surface area contributed by atoms with Crippen molar-refractivity contribution in [3.8, 4) is 11.4 Å². The summed E-state index contributed by atoms with van der Waals surface area (Å²) in [4.78, 5) is 31.8. The summed E-state index contributed by atoms with van der Waals surface area (Å²) in [5.74, 6) is 1.50. The van der Waals surface area contributed by atoms with Crippen LogP contribution in [0.2, 0.25) is 0 Å². The normalized spacial score (nSPS) is 13.0. The zero-order chi connectivity index (χ0) is 19.0. The van der Waals surface area contributed by atoms with Gasteiger partial charge >= 0.3 is 5.30 Å². The van der Waals surface area contributed by atoms with Gasteiger partial charge in [0.25, 0.3) is 5.56 Å². The summed E-state index contributed by atoms with van der Waals surface area (Å²) >= 11 is 2.59. The van der Waals surface area contributed by atoms with Crippen molar-refractivity contribution >= 4 is 38.6 Å². The number of fused-ring (bicyclic) bond motifs is 3. The highest BCUT2D eigenvalue weighted by Gasteiger charge is 2.24.